The van der Waals surface area contributed by atoms with Gasteiger partial charge >= 0.3 is 12.2 Å². The summed E-state index contributed by atoms with van der Waals surface area (Å²) in [6, 6.07) is 10.1. The fourth-order valence-corrected chi connectivity index (χ4v) is 14.1. The Morgan fingerprint density at radius 1 is 0.657 bits per heavy atom. The molecule has 4 aliphatic rings. The van der Waals surface area contributed by atoms with Crippen molar-refractivity contribution in [2.75, 3.05) is 37.9 Å². The van der Waals surface area contributed by atoms with E-state index in [-0.39, 0.29) is 52.2 Å². The Kier molecular flexibility index (Phi) is 18.8. The minimum absolute atomic E-state index is 0.0565. The second-order valence-electron chi connectivity index (χ2n) is 20.1. The Morgan fingerprint density at radius 2 is 1.09 bits per heavy atom. The third-order valence-corrected chi connectivity index (χ3v) is 18.1. The smallest absolute Gasteiger partial charge is 0.407 e. The number of hydrogen-bond donors (Lipinski definition) is 6. The van der Waals surface area contributed by atoms with Gasteiger partial charge in [-0.1, -0.05) is 12.1 Å². The number of nitrogen functional groups attached to an aromatic ring is 2. The van der Waals surface area contributed by atoms with Gasteiger partial charge in [0.1, 0.15) is 0 Å². The molecule has 0 atom stereocenters. The molecule has 23 heteroatoms. The number of ether oxygens (including phenoxy) is 4. The lowest BCUT2D eigenvalue weighted by Crippen LogP contribution is -2.44. The van der Waals surface area contributed by atoms with E-state index < -0.39 is 31.1 Å². The van der Waals surface area contributed by atoms with Gasteiger partial charge in [0, 0.05) is 58.1 Å². The molecular weight excluding hydrogens is 1040 g/mol. The molecule has 8 N–H and O–H groups in total. The third kappa shape index (κ3) is 16.6. The molecule has 0 radical (unpaired) electrons. The average Bonchev–Trinajstić information content (AvgIpc) is 3.91. The van der Waals surface area contributed by atoms with Crippen molar-refractivity contribution in [1.82, 2.24) is 30.0 Å². The van der Waals surface area contributed by atoms with Crippen LogP contribution < -0.4 is 31.5 Å². The highest BCUT2D eigenvalue weighted by molar-refractivity contribution is 9.11. The van der Waals surface area contributed by atoms with Crippen molar-refractivity contribution >= 4 is 82.2 Å². The molecule has 2 aromatic carbocycles. The van der Waals surface area contributed by atoms with Gasteiger partial charge in [-0.2, -0.15) is 0 Å². The fraction of sp³-hybridized carbons (Fsp3) is 0.574. The Hall–Kier alpha value is -3.94. The van der Waals surface area contributed by atoms with Crippen LogP contribution in [-0.2, 0) is 39.0 Å². The van der Waals surface area contributed by atoms with Gasteiger partial charge in [-0.15, -0.1) is 22.7 Å². The zero-order valence-corrected chi connectivity index (χ0v) is 45.6. The summed E-state index contributed by atoms with van der Waals surface area (Å²) in [5.41, 5.74) is 12.5. The molecule has 0 unspecified atom stereocenters. The minimum Gasteiger partial charge on any atom is -0.441 e. The molecule has 4 fully saturated rings. The van der Waals surface area contributed by atoms with Crippen molar-refractivity contribution in [2.45, 2.75) is 157 Å². The SMILES string of the molecule is CC(C)(C)NS(=O)(=O)c1cc(N)ccc1-c1cnc(C2CCC(NC(=O)OC3COC3)CC2)s1.Cc1ccc(N)cc1S(=O)(=O)NC(C)(C)C.O=C(NC1CCC(c2ncc(Br)s2)CC1)OC1COC1. The number of carbonyl (C=O) groups is 2. The van der Waals surface area contributed by atoms with Crippen molar-refractivity contribution in [2.24, 2.45) is 0 Å². The quantitative estimate of drug-likeness (QED) is 0.0772. The summed E-state index contributed by atoms with van der Waals surface area (Å²) < 4.78 is 77.2. The highest BCUT2D eigenvalue weighted by atomic mass is 79.9. The first-order valence-electron chi connectivity index (χ1n) is 23.3. The number of anilines is 2. The molecule has 4 aromatic rings. The number of aryl methyl sites for hydroxylation is 1. The molecule has 70 heavy (non-hydrogen) atoms. The lowest BCUT2D eigenvalue weighted by atomic mass is 9.86. The summed E-state index contributed by atoms with van der Waals surface area (Å²) in [5, 5.41) is 8.08. The van der Waals surface area contributed by atoms with E-state index in [2.05, 4.69) is 46.0 Å². The van der Waals surface area contributed by atoms with Gasteiger partial charge in [0.2, 0.25) is 20.0 Å². The summed E-state index contributed by atoms with van der Waals surface area (Å²) in [5.74, 6) is 0.801. The molecule has 2 saturated carbocycles. The van der Waals surface area contributed by atoms with Gasteiger partial charge in [0.15, 0.2) is 12.2 Å². The van der Waals surface area contributed by atoms with E-state index in [1.165, 1.54) is 28.5 Å². The molecule has 0 bridgehead atoms. The molecule has 18 nitrogen and oxygen atoms in total. The second-order valence-corrected chi connectivity index (χ2v) is 26.9. The van der Waals surface area contributed by atoms with Gasteiger partial charge in [-0.25, -0.2) is 45.8 Å². The normalized spacial score (nSPS) is 21.1. The van der Waals surface area contributed by atoms with Crippen LogP contribution in [0, 0.1) is 6.92 Å². The summed E-state index contributed by atoms with van der Waals surface area (Å²) in [6.07, 6.45) is 10.3. The standard InChI is InChI=1S/C23H32N4O5S2.C13H17BrN2O3S.C11H18N2O2S/c1-23(2,3)27-34(29,30)20-10-15(24)6-9-18(20)19-11-25-21(33-19)14-4-7-16(8-5-14)26-22(28)32-17-12-31-13-17;14-11-5-15-12(20-11)8-1-3-9(4-2-8)16-13(17)19-10-6-18-7-10;1-8-5-6-9(12)7-10(8)16(14,15)13-11(2,3)4/h6,9-11,14,16-17,27H,4-5,7-8,12-13,24H2,1-3H3,(H,26,28);5,8-10H,1-4,6-7H2,(H,16,17);5-7,13H,12H2,1-4H3. The Labute approximate surface area is 428 Å². The van der Waals surface area contributed by atoms with E-state index in [0.29, 0.717) is 54.8 Å². The van der Waals surface area contributed by atoms with Crippen molar-refractivity contribution in [3.8, 4) is 10.4 Å². The van der Waals surface area contributed by atoms with E-state index in [9.17, 15) is 26.4 Å². The molecule has 2 aromatic heterocycles. The Bertz CT molecular complexity index is 2630. The van der Waals surface area contributed by atoms with Crippen LogP contribution >= 0.6 is 38.6 Å². The molecule has 2 aliphatic heterocycles. The molecule has 4 heterocycles. The highest BCUT2D eigenvalue weighted by Crippen LogP contribution is 2.40. The summed E-state index contributed by atoms with van der Waals surface area (Å²) in [7, 11) is -7.27. The lowest BCUT2D eigenvalue weighted by Gasteiger charge is -2.30. The van der Waals surface area contributed by atoms with E-state index in [1.54, 1.807) is 90.3 Å². The zero-order chi connectivity index (χ0) is 51.0. The summed E-state index contributed by atoms with van der Waals surface area (Å²) >= 11 is 6.67. The zero-order valence-electron chi connectivity index (χ0n) is 40.7. The number of sulfonamides is 2. The van der Waals surface area contributed by atoms with Crippen LogP contribution in [0.25, 0.3) is 10.4 Å². The number of carbonyl (C=O) groups excluding carboxylic acids is 2. The number of halogens is 1. The van der Waals surface area contributed by atoms with Crippen molar-refractivity contribution in [1.29, 1.82) is 0 Å². The molecule has 8 rings (SSSR count). The van der Waals surface area contributed by atoms with Crippen molar-refractivity contribution < 1.29 is 45.4 Å². The molecule has 2 aliphatic carbocycles. The number of hydrogen-bond acceptors (Lipinski definition) is 16. The van der Waals surface area contributed by atoms with Crippen LogP contribution in [-0.4, -0.2) is 101 Å². The van der Waals surface area contributed by atoms with Crippen LogP contribution in [0.3, 0.4) is 0 Å². The molecule has 0 spiro atoms. The van der Waals surface area contributed by atoms with Crippen LogP contribution in [0.15, 0.2) is 62.4 Å². The topological polar surface area (TPSA) is 265 Å². The van der Waals surface area contributed by atoms with E-state index >= 15 is 0 Å². The van der Waals surface area contributed by atoms with Gasteiger partial charge in [-0.05, 0) is 146 Å². The Balaban J connectivity index is 0.000000189. The van der Waals surface area contributed by atoms with Crippen molar-refractivity contribution in [3.05, 3.63) is 68.2 Å². The maximum atomic E-state index is 13.1. The number of alkyl carbamates (subject to hydrolysis) is 2. The first-order chi connectivity index (χ1) is 32.8. The van der Waals surface area contributed by atoms with Gasteiger partial charge in [0.25, 0.3) is 0 Å². The average molecular weight is 1110 g/mol. The molecule has 2 amide bonds. The van der Waals surface area contributed by atoms with Gasteiger partial charge in [0.05, 0.1) is 61.1 Å². The number of aromatic nitrogens is 2. The number of amides is 2. The van der Waals surface area contributed by atoms with Crippen LogP contribution in [0.5, 0.6) is 0 Å². The van der Waals surface area contributed by atoms with E-state index in [1.807, 2.05) is 6.20 Å². The molecule has 2 saturated heterocycles. The molecule has 386 valence electrons. The van der Waals surface area contributed by atoms with E-state index in [0.717, 1.165) is 65.0 Å². The van der Waals surface area contributed by atoms with Crippen LogP contribution in [0.4, 0.5) is 21.0 Å². The molecular formula is C47H67BrN8O10S4. The number of nitrogens with one attached hydrogen (secondary N) is 4. The monoisotopic (exact) mass is 1110 g/mol. The maximum Gasteiger partial charge on any atom is 0.407 e. The van der Waals surface area contributed by atoms with Gasteiger partial charge < -0.3 is 41.0 Å². The van der Waals surface area contributed by atoms with Crippen molar-refractivity contribution in [3.63, 3.8) is 0 Å². The predicted molar refractivity (Wildman–Crippen MR) is 276 cm³/mol. The van der Waals surface area contributed by atoms with E-state index in [4.69, 9.17) is 30.4 Å². The summed E-state index contributed by atoms with van der Waals surface area (Å²) in [6.45, 7) is 14.5. The predicted octanol–water partition coefficient (Wildman–Crippen LogP) is 8.33. The number of nitrogens with two attached hydrogens (primary N) is 2. The Morgan fingerprint density at radius 3 is 1.51 bits per heavy atom. The number of benzene rings is 2. The van der Waals surface area contributed by atoms with Crippen LogP contribution in [0.2, 0.25) is 0 Å². The first-order valence-corrected chi connectivity index (χ1v) is 28.7. The number of thiazole rings is 2. The first kappa shape index (κ1) is 55.4. The van der Waals surface area contributed by atoms with Gasteiger partial charge in [-0.3, -0.25) is 0 Å². The minimum atomic E-state index is -3.77. The fourth-order valence-electron chi connectivity index (χ4n) is 8.08. The second kappa shape index (κ2) is 23.7. The largest absolute Gasteiger partial charge is 0.441 e. The lowest BCUT2D eigenvalue weighted by molar-refractivity contribution is -0.0985. The number of nitrogens with zero attached hydrogens (tertiary/aromatic N) is 2. The van der Waals surface area contributed by atoms with Crippen LogP contribution in [0.1, 0.15) is 120 Å². The number of rotatable bonds is 11. The maximum absolute atomic E-state index is 13.1. The summed E-state index contributed by atoms with van der Waals surface area (Å²) in [4.78, 5) is 33.9. The third-order valence-electron chi connectivity index (χ3n) is 11.5. The highest BCUT2D eigenvalue weighted by Gasteiger charge is 2.32.